The first-order valence-electron chi connectivity index (χ1n) is 7.49. The van der Waals surface area contributed by atoms with Crippen LogP contribution in [0.2, 0.25) is 0 Å². The third-order valence-electron chi connectivity index (χ3n) is 4.04. The number of quaternary nitrogens is 1. The Bertz CT molecular complexity index is 634. The molecule has 21 heavy (non-hydrogen) atoms. The molecule has 1 aromatic heterocycles. The molecule has 0 amide bonds. The van der Waals surface area contributed by atoms with Gasteiger partial charge in [0.25, 0.3) is 0 Å². The zero-order chi connectivity index (χ0) is 15.0. The molecule has 0 unspecified atom stereocenters. The van der Waals surface area contributed by atoms with Crippen molar-refractivity contribution in [3.05, 3.63) is 30.0 Å². The molecule has 1 aliphatic heterocycles. The molecule has 0 spiro atoms. The molecule has 0 radical (unpaired) electrons. The van der Waals surface area contributed by atoms with Crippen molar-refractivity contribution in [2.45, 2.75) is 25.8 Å². The fourth-order valence-electron chi connectivity index (χ4n) is 2.73. The maximum Gasteiger partial charge on any atom is 0.175 e. The van der Waals surface area contributed by atoms with E-state index in [2.05, 4.69) is 55.8 Å². The maximum atomic E-state index is 6.22. The van der Waals surface area contributed by atoms with Crippen LogP contribution in [0.15, 0.2) is 24.3 Å². The van der Waals surface area contributed by atoms with E-state index in [0.717, 1.165) is 34.6 Å². The Morgan fingerprint density at radius 3 is 2.48 bits per heavy atom. The number of anilines is 3. The largest absolute Gasteiger partial charge is 0.394 e. The van der Waals surface area contributed by atoms with E-state index in [1.165, 1.54) is 24.2 Å². The number of nitrogen functional groups attached to an aromatic ring is 1. The molecule has 1 aliphatic rings. The highest BCUT2D eigenvalue weighted by atomic mass is 15.3. The molecule has 3 N–H and O–H groups in total. The van der Waals surface area contributed by atoms with Gasteiger partial charge in [-0.1, -0.05) is 0 Å². The van der Waals surface area contributed by atoms with Gasteiger partial charge in [-0.15, -0.1) is 0 Å². The van der Waals surface area contributed by atoms with Crippen LogP contribution in [-0.4, -0.2) is 30.9 Å². The van der Waals surface area contributed by atoms with Crippen molar-refractivity contribution in [2.24, 2.45) is 0 Å². The third-order valence-corrected chi connectivity index (χ3v) is 4.04. The van der Waals surface area contributed by atoms with Crippen molar-refractivity contribution in [3.63, 3.8) is 0 Å². The summed E-state index contributed by atoms with van der Waals surface area (Å²) in [7, 11) is 6.47. The average molecular weight is 286 g/mol. The van der Waals surface area contributed by atoms with Crippen LogP contribution in [0.3, 0.4) is 0 Å². The topological polar surface area (TPSA) is 55.9 Å². The van der Waals surface area contributed by atoms with Crippen molar-refractivity contribution < 1.29 is 0 Å². The molecule has 0 aliphatic carbocycles. The van der Waals surface area contributed by atoms with E-state index in [0.29, 0.717) is 0 Å². The van der Waals surface area contributed by atoms with Gasteiger partial charge in [0, 0.05) is 24.4 Å². The second-order valence-corrected chi connectivity index (χ2v) is 6.57. The summed E-state index contributed by atoms with van der Waals surface area (Å²) < 4.78 is 2.85. The predicted octanol–water partition coefficient (Wildman–Crippen LogP) is 2.74. The van der Waals surface area contributed by atoms with Crippen molar-refractivity contribution in [1.29, 1.82) is 0 Å². The first-order valence-corrected chi connectivity index (χ1v) is 7.49. The molecule has 112 valence electrons. The summed E-state index contributed by atoms with van der Waals surface area (Å²) in [6.45, 7) is 0.974. The Morgan fingerprint density at radius 1 is 1.14 bits per heavy atom. The zero-order valence-electron chi connectivity index (χ0n) is 13.1. The minimum absolute atomic E-state index is 0.782. The lowest BCUT2D eigenvalue weighted by molar-refractivity contribution is 0.486. The molecule has 0 saturated heterocycles. The van der Waals surface area contributed by atoms with Gasteiger partial charge < -0.3 is 11.1 Å². The zero-order valence-corrected chi connectivity index (χ0v) is 13.1. The number of nitrogens with two attached hydrogens (primary N) is 1. The van der Waals surface area contributed by atoms with Crippen LogP contribution >= 0.6 is 0 Å². The summed E-state index contributed by atoms with van der Waals surface area (Å²) in [4.78, 5) is 0. The number of hydrogen-bond donors (Lipinski definition) is 2. The van der Waals surface area contributed by atoms with Gasteiger partial charge in [-0.3, -0.25) is 9.16 Å². The van der Waals surface area contributed by atoms with Crippen LogP contribution in [0.5, 0.6) is 0 Å². The Morgan fingerprint density at radius 2 is 1.86 bits per heavy atom. The molecule has 3 rings (SSSR count). The Balaban J connectivity index is 1.82. The highest BCUT2D eigenvalue weighted by molar-refractivity contribution is 5.71. The Kier molecular flexibility index (Phi) is 3.37. The number of fused-ring (bicyclic) bond motifs is 1. The minimum Gasteiger partial charge on any atom is -0.394 e. The van der Waals surface area contributed by atoms with E-state index in [4.69, 9.17) is 5.73 Å². The molecule has 0 atom stereocenters. The number of benzene rings is 1. The number of nitrogens with one attached hydrogen (secondary N) is 1. The van der Waals surface area contributed by atoms with Gasteiger partial charge in [-0.25, -0.2) is 0 Å². The molecule has 1 aromatic carbocycles. The molecule has 2 aromatic rings. The van der Waals surface area contributed by atoms with Crippen molar-refractivity contribution in [3.8, 4) is 0 Å². The highest BCUT2D eigenvalue weighted by Gasteiger charge is 2.18. The lowest BCUT2D eigenvalue weighted by atomic mass is 10.1. The number of rotatable bonds is 3. The molecule has 0 bridgehead atoms. The Labute approximate surface area is 126 Å². The molecule has 2 heterocycles. The summed E-state index contributed by atoms with van der Waals surface area (Å²) in [5.74, 6) is 0.782. The average Bonchev–Trinajstić information content (AvgIpc) is 2.76. The lowest BCUT2D eigenvalue weighted by Crippen LogP contribution is -2.34. The van der Waals surface area contributed by atoms with Gasteiger partial charge in [-0.2, -0.15) is 5.10 Å². The van der Waals surface area contributed by atoms with E-state index >= 15 is 0 Å². The van der Waals surface area contributed by atoms with E-state index < -0.39 is 0 Å². The van der Waals surface area contributed by atoms with Crippen molar-refractivity contribution in [2.75, 3.05) is 32.2 Å². The predicted molar refractivity (Wildman–Crippen MR) is 88.9 cm³/mol. The molecular weight excluding hydrogens is 262 g/mol. The first-order chi connectivity index (χ1) is 9.95. The van der Waals surface area contributed by atoms with Crippen LogP contribution in [0.1, 0.15) is 18.5 Å². The summed E-state index contributed by atoms with van der Waals surface area (Å²) in [6.07, 6.45) is 3.42. The van der Waals surface area contributed by atoms with Crippen LogP contribution in [0.25, 0.3) is 0 Å². The fraction of sp³-hybridized carbons (Fsp3) is 0.438. The summed E-state index contributed by atoms with van der Waals surface area (Å²) in [5.41, 5.74) is 10.5. The lowest BCUT2D eigenvalue weighted by Gasteiger charge is -2.23. The molecule has 0 fully saturated rings. The number of aromatic nitrogens is 2. The number of hydrogen-bond acceptors (Lipinski definition) is 3. The quantitative estimate of drug-likeness (QED) is 0.853. The van der Waals surface area contributed by atoms with Gasteiger partial charge >= 0.3 is 0 Å². The van der Waals surface area contributed by atoms with Crippen LogP contribution in [0, 0.1) is 0 Å². The summed E-state index contributed by atoms with van der Waals surface area (Å²) >= 11 is 0. The minimum atomic E-state index is 0.782. The first kappa shape index (κ1) is 13.9. The van der Waals surface area contributed by atoms with E-state index in [9.17, 15) is 0 Å². The second-order valence-electron chi connectivity index (χ2n) is 6.57. The summed E-state index contributed by atoms with van der Waals surface area (Å²) in [5, 5.41) is 7.94. The molecular formula is C16H24N5+. The maximum absolute atomic E-state index is 6.22. The number of nitrogens with zero attached hydrogens (tertiary/aromatic N) is 3. The van der Waals surface area contributed by atoms with Crippen LogP contribution in [-0.2, 0) is 13.0 Å². The van der Waals surface area contributed by atoms with Crippen LogP contribution in [0.4, 0.5) is 22.9 Å². The van der Waals surface area contributed by atoms with Crippen molar-refractivity contribution in [1.82, 2.24) is 14.3 Å². The molecule has 5 heteroatoms. The van der Waals surface area contributed by atoms with Gasteiger partial charge in [0.1, 0.15) is 5.69 Å². The van der Waals surface area contributed by atoms with Crippen molar-refractivity contribution >= 4 is 22.9 Å². The van der Waals surface area contributed by atoms with E-state index in [1.54, 1.807) is 0 Å². The standard InChI is InChI=1S/C16H24N5/c1-21(2,3)13-9-7-12(8-10-13)18-16-15(17)14-6-4-5-11-20(14)19-16/h7-10H,4-6,11,17H2,1-3H3,(H,18,19)/q+1. The SMILES string of the molecule is C[N+](C)(C)c1ccc(Nc2nn3c(c2N)CCCC3)cc1. The summed E-state index contributed by atoms with van der Waals surface area (Å²) in [6, 6.07) is 8.43. The van der Waals surface area contributed by atoms with Crippen LogP contribution < -0.4 is 15.5 Å². The third kappa shape index (κ3) is 2.74. The van der Waals surface area contributed by atoms with Gasteiger partial charge in [0.15, 0.2) is 5.82 Å². The van der Waals surface area contributed by atoms with Gasteiger partial charge in [-0.05, 0) is 31.4 Å². The fourth-order valence-corrected chi connectivity index (χ4v) is 2.73. The highest BCUT2D eigenvalue weighted by Crippen LogP contribution is 2.30. The van der Waals surface area contributed by atoms with E-state index in [-0.39, 0.29) is 0 Å². The second kappa shape index (κ2) is 5.07. The van der Waals surface area contributed by atoms with E-state index in [1.807, 2.05) is 4.68 Å². The van der Waals surface area contributed by atoms with Gasteiger partial charge in [0.2, 0.25) is 0 Å². The molecule has 0 saturated carbocycles. The molecule has 5 nitrogen and oxygen atoms in total. The smallest absolute Gasteiger partial charge is 0.175 e. The normalized spacial score (nSPS) is 14.8. The van der Waals surface area contributed by atoms with Gasteiger partial charge in [0.05, 0.1) is 32.5 Å². The Hall–Kier alpha value is -2.01. The number of aryl methyl sites for hydroxylation is 1. The monoisotopic (exact) mass is 286 g/mol.